The van der Waals surface area contributed by atoms with Crippen molar-refractivity contribution in [3.63, 3.8) is 0 Å². The molecule has 2 rings (SSSR count). The van der Waals surface area contributed by atoms with Gasteiger partial charge in [-0.3, -0.25) is 14.5 Å². The van der Waals surface area contributed by atoms with Crippen molar-refractivity contribution in [1.82, 2.24) is 4.90 Å². The van der Waals surface area contributed by atoms with E-state index in [1.807, 2.05) is 26.0 Å². The molecule has 0 aliphatic carbocycles. The molecule has 2 heterocycles. The minimum Gasteiger partial charge on any atom is -0.441 e. The number of anilines is 1. The van der Waals surface area contributed by atoms with Crippen molar-refractivity contribution < 1.29 is 14.0 Å². The van der Waals surface area contributed by atoms with Crippen LogP contribution in [0.5, 0.6) is 0 Å². The fourth-order valence-electron chi connectivity index (χ4n) is 2.30. The van der Waals surface area contributed by atoms with Gasteiger partial charge < -0.3 is 9.32 Å². The predicted molar refractivity (Wildman–Crippen MR) is 89.8 cm³/mol. The minimum atomic E-state index is -0.231. The first-order valence-electron chi connectivity index (χ1n) is 7.63. The van der Waals surface area contributed by atoms with Crippen LogP contribution in [-0.4, -0.2) is 35.2 Å². The maximum Gasteiger partial charge on any atom is 0.293 e. The van der Waals surface area contributed by atoms with Gasteiger partial charge in [0.15, 0.2) is 5.88 Å². The van der Waals surface area contributed by atoms with E-state index < -0.39 is 0 Å². The van der Waals surface area contributed by atoms with Gasteiger partial charge in [-0.1, -0.05) is 6.92 Å². The normalized spacial score (nSPS) is 18.4. The summed E-state index contributed by atoms with van der Waals surface area (Å²) in [5, 5.41) is -0.207. The molecule has 120 valence electrons. The van der Waals surface area contributed by atoms with Gasteiger partial charge in [-0.2, -0.15) is 0 Å². The Bertz CT molecular complexity index is 590. The van der Waals surface area contributed by atoms with E-state index in [1.54, 1.807) is 6.08 Å². The highest BCUT2D eigenvalue weighted by Crippen LogP contribution is 2.34. The highest BCUT2D eigenvalue weighted by Gasteiger charge is 2.37. The Morgan fingerprint density at radius 3 is 2.55 bits per heavy atom. The van der Waals surface area contributed by atoms with Crippen molar-refractivity contribution >= 4 is 34.9 Å². The second-order valence-corrected chi connectivity index (χ2v) is 6.15. The van der Waals surface area contributed by atoms with Crippen LogP contribution in [0.4, 0.5) is 10.7 Å². The van der Waals surface area contributed by atoms with Crippen molar-refractivity contribution in [2.24, 2.45) is 0 Å². The van der Waals surface area contributed by atoms with Gasteiger partial charge in [0.25, 0.3) is 11.1 Å². The summed E-state index contributed by atoms with van der Waals surface area (Å²) in [4.78, 5) is 28.1. The van der Waals surface area contributed by atoms with Crippen LogP contribution in [-0.2, 0) is 4.79 Å². The van der Waals surface area contributed by atoms with E-state index in [4.69, 9.17) is 4.42 Å². The summed E-state index contributed by atoms with van der Waals surface area (Å²) in [5.74, 6) is 1.14. The summed E-state index contributed by atoms with van der Waals surface area (Å²) in [5.41, 5.74) is 0. The molecule has 1 atom stereocenters. The lowest BCUT2D eigenvalue weighted by Gasteiger charge is -2.19. The number of carbonyl (C=O) groups excluding carboxylic acids is 2. The van der Waals surface area contributed by atoms with Crippen LogP contribution in [0.15, 0.2) is 21.5 Å². The number of rotatable bonds is 6. The third-order valence-electron chi connectivity index (χ3n) is 3.82. The molecule has 0 radical (unpaired) electrons. The summed E-state index contributed by atoms with van der Waals surface area (Å²) in [6.45, 7) is 9.67. The highest BCUT2D eigenvalue weighted by molar-refractivity contribution is 8.18. The van der Waals surface area contributed by atoms with Crippen molar-refractivity contribution in [3.8, 4) is 0 Å². The SMILES string of the molecule is CC[C@@H](C)N1C(=O)S/C(=C/c2ccc(N(CC)CC)o2)C1=O. The first-order valence-corrected chi connectivity index (χ1v) is 8.45. The average Bonchev–Trinajstić information content (AvgIpc) is 3.06. The summed E-state index contributed by atoms with van der Waals surface area (Å²) in [6.07, 6.45) is 2.40. The van der Waals surface area contributed by atoms with E-state index in [0.29, 0.717) is 10.7 Å². The monoisotopic (exact) mass is 322 g/mol. The molecule has 0 N–H and O–H groups in total. The third-order valence-corrected chi connectivity index (χ3v) is 4.70. The first-order chi connectivity index (χ1) is 10.5. The van der Waals surface area contributed by atoms with Gasteiger partial charge >= 0.3 is 0 Å². The van der Waals surface area contributed by atoms with E-state index in [2.05, 4.69) is 18.7 Å². The van der Waals surface area contributed by atoms with Crippen LogP contribution in [0.3, 0.4) is 0 Å². The average molecular weight is 322 g/mol. The van der Waals surface area contributed by atoms with Gasteiger partial charge in [0.2, 0.25) is 0 Å². The molecule has 1 aliphatic heterocycles. The fourth-order valence-corrected chi connectivity index (χ4v) is 3.21. The summed E-state index contributed by atoms with van der Waals surface area (Å²) in [7, 11) is 0. The molecule has 2 amide bonds. The number of hydrogen-bond acceptors (Lipinski definition) is 5. The Labute approximate surface area is 135 Å². The Morgan fingerprint density at radius 2 is 1.95 bits per heavy atom. The number of hydrogen-bond donors (Lipinski definition) is 0. The maximum atomic E-state index is 12.3. The largest absolute Gasteiger partial charge is 0.441 e. The van der Waals surface area contributed by atoms with E-state index in [1.165, 1.54) is 4.90 Å². The molecule has 1 aliphatic rings. The smallest absolute Gasteiger partial charge is 0.293 e. The molecule has 5 nitrogen and oxygen atoms in total. The van der Waals surface area contributed by atoms with Gasteiger partial charge in [0.05, 0.1) is 4.91 Å². The van der Waals surface area contributed by atoms with Crippen LogP contribution in [0.1, 0.15) is 39.9 Å². The number of thioether (sulfide) groups is 1. The van der Waals surface area contributed by atoms with Crippen LogP contribution < -0.4 is 4.90 Å². The molecule has 6 heteroatoms. The molecule has 0 bridgehead atoms. The van der Waals surface area contributed by atoms with E-state index >= 15 is 0 Å². The standard InChI is InChI=1S/C16H22N2O3S/c1-5-11(4)18-15(19)13(22-16(18)20)10-12-8-9-14(21-12)17(6-2)7-3/h8-11H,5-7H2,1-4H3/b13-10+/t11-/m1/s1. The lowest BCUT2D eigenvalue weighted by atomic mass is 10.2. The van der Waals surface area contributed by atoms with Crippen molar-refractivity contribution in [3.05, 3.63) is 22.8 Å². The first kappa shape index (κ1) is 16.7. The van der Waals surface area contributed by atoms with E-state index in [9.17, 15) is 9.59 Å². The molecule has 1 fully saturated rings. The number of imide groups is 1. The number of carbonyl (C=O) groups is 2. The molecule has 22 heavy (non-hydrogen) atoms. The molecule has 1 aromatic heterocycles. The number of amides is 2. The van der Waals surface area contributed by atoms with Gasteiger partial charge in [0, 0.05) is 31.3 Å². The van der Waals surface area contributed by atoms with Crippen LogP contribution in [0.25, 0.3) is 6.08 Å². The van der Waals surface area contributed by atoms with Gasteiger partial charge in [-0.25, -0.2) is 0 Å². The van der Waals surface area contributed by atoms with Crippen molar-refractivity contribution in [1.29, 1.82) is 0 Å². The van der Waals surface area contributed by atoms with Crippen molar-refractivity contribution in [2.45, 2.75) is 40.2 Å². The minimum absolute atomic E-state index is 0.0822. The number of nitrogens with zero attached hydrogens (tertiary/aromatic N) is 2. The molecule has 0 aromatic carbocycles. The Hall–Kier alpha value is -1.69. The van der Waals surface area contributed by atoms with Crippen molar-refractivity contribution in [2.75, 3.05) is 18.0 Å². The Morgan fingerprint density at radius 1 is 1.27 bits per heavy atom. The van der Waals surface area contributed by atoms with Gasteiger partial charge in [-0.05, 0) is 45.0 Å². The Balaban J connectivity index is 2.20. The summed E-state index contributed by atoms with van der Waals surface area (Å²) < 4.78 is 5.75. The molecule has 0 unspecified atom stereocenters. The maximum absolute atomic E-state index is 12.3. The summed E-state index contributed by atoms with van der Waals surface area (Å²) >= 11 is 0.974. The van der Waals surface area contributed by atoms with Gasteiger partial charge in [-0.15, -0.1) is 0 Å². The zero-order valence-corrected chi connectivity index (χ0v) is 14.3. The molecular formula is C16H22N2O3S. The van der Waals surface area contributed by atoms with E-state index in [-0.39, 0.29) is 17.2 Å². The predicted octanol–water partition coefficient (Wildman–Crippen LogP) is 3.96. The Kier molecular flexibility index (Phi) is 5.34. The van der Waals surface area contributed by atoms with Crippen LogP contribution in [0, 0.1) is 0 Å². The quantitative estimate of drug-likeness (QED) is 0.742. The third kappa shape index (κ3) is 3.21. The second-order valence-electron chi connectivity index (χ2n) is 5.16. The van der Waals surface area contributed by atoms with Crippen LogP contribution in [0.2, 0.25) is 0 Å². The van der Waals surface area contributed by atoms with E-state index in [0.717, 1.165) is 37.2 Å². The zero-order chi connectivity index (χ0) is 16.3. The molecule has 0 spiro atoms. The molecule has 0 saturated carbocycles. The zero-order valence-electron chi connectivity index (χ0n) is 13.5. The lowest BCUT2D eigenvalue weighted by molar-refractivity contribution is -0.124. The summed E-state index contributed by atoms with van der Waals surface area (Å²) in [6, 6.07) is 3.63. The highest BCUT2D eigenvalue weighted by atomic mass is 32.2. The molecular weight excluding hydrogens is 300 g/mol. The van der Waals surface area contributed by atoms with Crippen LogP contribution >= 0.6 is 11.8 Å². The lowest BCUT2D eigenvalue weighted by Crippen LogP contribution is -2.36. The topological polar surface area (TPSA) is 53.8 Å². The fraction of sp³-hybridized carbons (Fsp3) is 0.500. The van der Waals surface area contributed by atoms with Gasteiger partial charge in [0.1, 0.15) is 5.76 Å². The molecule has 1 aromatic rings. The second kappa shape index (κ2) is 7.05. The number of furan rings is 1. The molecule has 1 saturated heterocycles.